The Bertz CT molecular complexity index is 1090. The van der Waals surface area contributed by atoms with Crippen LogP contribution in [0.3, 0.4) is 0 Å². The van der Waals surface area contributed by atoms with Crippen molar-refractivity contribution in [3.8, 4) is 11.4 Å². The summed E-state index contributed by atoms with van der Waals surface area (Å²) in [6.45, 7) is -0.218. The maximum atomic E-state index is 13.0. The summed E-state index contributed by atoms with van der Waals surface area (Å²) in [5.41, 5.74) is 1.35. The van der Waals surface area contributed by atoms with Crippen molar-refractivity contribution in [2.24, 2.45) is 0 Å². The van der Waals surface area contributed by atoms with Gasteiger partial charge < -0.3 is 9.64 Å². The minimum absolute atomic E-state index is 0.0393. The molecule has 3 aromatic rings. The number of sulfone groups is 1. The number of anilines is 1. The molecule has 2 aromatic carbocycles. The van der Waals surface area contributed by atoms with Gasteiger partial charge in [0.1, 0.15) is 12.1 Å². The first-order valence-corrected chi connectivity index (χ1v) is 10.9. The van der Waals surface area contributed by atoms with Gasteiger partial charge in [-0.25, -0.2) is 13.1 Å². The minimum Gasteiger partial charge on any atom is -0.484 e. The van der Waals surface area contributed by atoms with E-state index in [2.05, 4.69) is 15.5 Å². The van der Waals surface area contributed by atoms with Crippen molar-refractivity contribution in [2.75, 3.05) is 23.0 Å². The molecule has 2 heterocycles. The molecule has 1 aromatic heterocycles. The zero-order valence-electron chi connectivity index (χ0n) is 15.5. The summed E-state index contributed by atoms with van der Waals surface area (Å²) in [5.74, 6) is 0.232. The lowest BCUT2D eigenvalue weighted by atomic mass is 10.2. The molecule has 10 heteroatoms. The van der Waals surface area contributed by atoms with Crippen LogP contribution in [0.1, 0.15) is 6.42 Å². The number of hydrogen-bond donors (Lipinski definition) is 0. The summed E-state index contributed by atoms with van der Waals surface area (Å²) in [7, 11) is -3.14. The number of carbonyl (C=O) groups is 1. The zero-order chi connectivity index (χ0) is 20.3. The molecule has 4 rings (SSSR count). The van der Waals surface area contributed by atoms with Crippen LogP contribution < -0.4 is 9.64 Å². The Hall–Kier alpha value is -3.27. The van der Waals surface area contributed by atoms with Crippen molar-refractivity contribution in [3.63, 3.8) is 0 Å². The average Bonchev–Trinajstić information content (AvgIpc) is 3.38. The Morgan fingerprint density at radius 2 is 2.00 bits per heavy atom. The first kappa shape index (κ1) is 19.1. The molecule has 0 bridgehead atoms. The highest BCUT2D eigenvalue weighted by Crippen LogP contribution is 2.25. The maximum absolute atomic E-state index is 13.0. The smallest absolute Gasteiger partial charge is 0.265 e. The van der Waals surface area contributed by atoms with Gasteiger partial charge in [0, 0.05) is 11.8 Å². The Kier molecular flexibility index (Phi) is 5.26. The van der Waals surface area contributed by atoms with Crippen molar-refractivity contribution in [2.45, 2.75) is 12.5 Å². The molecule has 1 saturated heterocycles. The van der Waals surface area contributed by atoms with E-state index < -0.39 is 15.9 Å². The van der Waals surface area contributed by atoms with E-state index >= 15 is 0 Å². The van der Waals surface area contributed by atoms with Gasteiger partial charge in [0.25, 0.3) is 5.91 Å². The highest BCUT2D eigenvalue weighted by molar-refractivity contribution is 7.91. The third kappa shape index (κ3) is 4.43. The second-order valence-corrected chi connectivity index (χ2v) is 8.93. The fraction of sp³-hybridized carbons (Fsp3) is 0.263. The number of ether oxygens (including phenoxy) is 1. The molecular formula is C19H19N5O4S. The van der Waals surface area contributed by atoms with E-state index in [1.165, 1.54) is 15.9 Å². The van der Waals surface area contributed by atoms with Gasteiger partial charge in [0.15, 0.2) is 16.4 Å². The number of amides is 1. The second-order valence-electron chi connectivity index (χ2n) is 6.70. The number of rotatable bonds is 6. The lowest BCUT2D eigenvalue weighted by molar-refractivity contribution is -0.121. The Balaban J connectivity index is 1.51. The number of hydrogen-bond acceptors (Lipinski definition) is 7. The van der Waals surface area contributed by atoms with Crippen LogP contribution in [0.4, 0.5) is 5.69 Å². The van der Waals surface area contributed by atoms with Gasteiger partial charge in [-0.15, -0.1) is 5.10 Å². The van der Waals surface area contributed by atoms with E-state index in [9.17, 15) is 13.2 Å². The van der Waals surface area contributed by atoms with E-state index in [1.54, 1.807) is 30.3 Å². The predicted molar refractivity (Wildman–Crippen MR) is 106 cm³/mol. The molecule has 0 N–H and O–H groups in total. The molecule has 0 spiro atoms. The summed E-state index contributed by atoms with van der Waals surface area (Å²) in [6.07, 6.45) is 1.87. The average molecular weight is 413 g/mol. The molecule has 150 valence electrons. The molecule has 1 amide bonds. The highest BCUT2D eigenvalue weighted by atomic mass is 32.2. The zero-order valence-corrected chi connectivity index (χ0v) is 16.3. The number of aromatic nitrogens is 4. The van der Waals surface area contributed by atoms with E-state index in [-0.39, 0.29) is 24.0 Å². The quantitative estimate of drug-likeness (QED) is 0.599. The summed E-state index contributed by atoms with van der Waals surface area (Å²) in [5, 5.41) is 11.0. The van der Waals surface area contributed by atoms with Gasteiger partial charge in [-0.1, -0.05) is 24.3 Å². The van der Waals surface area contributed by atoms with Crippen LogP contribution in [0.5, 0.6) is 5.75 Å². The molecule has 1 aliphatic heterocycles. The molecule has 29 heavy (non-hydrogen) atoms. The van der Waals surface area contributed by atoms with Crippen LogP contribution in [-0.2, 0) is 14.6 Å². The third-order valence-electron chi connectivity index (χ3n) is 4.67. The molecule has 1 fully saturated rings. The molecule has 1 atom stereocenters. The molecule has 1 unspecified atom stereocenters. The van der Waals surface area contributed by atoms with E-state index in [0.29, 0.717) is 23.5 Å². The highest BCUT2D eigenvalue weighted by Gasteiger charge is 2.35. The number of benzene rings is 2. The standard InChI is InChI=1S/C19H19N5O4S/c25-19(12-28-18-8-4-7-16(11-18)23-14-20-21-22-23)24(15-5-2-1-3-6-15)17-9-10-29(26,27)13-17/h1-8,11,14,17H,9-10,12-13H2. The van der Waals surface area contributed by atoms with Crippen molar-refractivity contribution in [3.05, 3.63) is 60.9 Å². The summed E-state index contributed by atoms with van der Waals surface area (Å²) in [6, 6.07) is 15.7. The molecule has 0 saturated carbocycles. The van der Waals surface area contributed by atoms with Crippen LogP contribution in [-0.4, -0.2) is 58.7 Å². The van der Waals surface area contributed by atoms with Crippen LogP contribution >= 0.6 is 0 Å². The van der Waals surface area contributed by atoms with Gasteiger partial charge in [-0.2, -0.15) is 0 Å². The Labute approximate surface area is 167 Å². The van der Waals surface area contributed by atoms with Crippen molar-refractivity contribution < 1.29 is 17.9 Å². The van der Waals surface area contributed by atoms with E-state index in [1.807, 2.05) is 24.3 Å². The fourth-order valence-corrected chi connectivity index (χ4v) is 5.04. The van der Waals surface area contributed by atoms with Crippen molar-refractivity contribution >= 4 is 21.4 Å². The first-order valence-electron chi connectivity index (χ1n) is 9.06. The maximum Gasteiger partial charge on any atom is 0.265 e. The molecular weight excluding hydrogens is 394 g/mol. The topological polar surface area (TPSA) is 107 Å². The molecule has 0 aliphatic carbocycles. The minimum atomic E-state index is -3.14. The monoisotopic (exact) mass is 413 g/mol. The SMILES string of the molecule is O=C(COc1cccc(-n2cnnn2)c1)N(c1ccccc1)C1CCS(=O)(=O)C1. The lowest BCUT2D eigenvalue weighted by Crippen LogP contribution is -2.43. The van der Waals surface area contributed by atoms with Gasteiger partial charge in [0.05, 0.1) is 23.2 Å². The molecule has 9 nitrogen and oxygen atoms in total. The van der Waals surface area contributed by atoms with Gasteiger partial charge in [-0.3, -0.25) is 4.79 Å². The summed E-state index contributed by atoms with van der Waals surface area (Å²) in [4.78, 5) is 14.5. The van der Waals surface area contributed by atoms with Gasteiger partial charge in [0.2, 0.25) is 0 Å². The largest absolute Gasteiger partial charge is 0.484 e. The summed E-state index contributed by atoms with van der Waals surface area (Å²) < 4.78 is 31.1. The van der Waals surface area contributed by atoms with Crippen LogP contribution in [0.25, 0.3) is 5.69 Å². The third-order valence-corrected chi connectivity index (χ3v) is 6.42. The number of carbonyl (C=O) groups excluding carboxylic acids is 1. The van der Waals surface area contributed by atoms with Crippen molar-refractivity contribution in [1.82, 2.24) is 20.2 Å². The normalized spacial score (nSPS) is 17.7. The van der Waals surface area contributed by atoms with Crippen LogP contribution in [0.2, 0.25) is 0 Å². The van der Waals surface area contributed by atoms with Gasteiger partial charge >= 0.3 is 0 Å². The first-order chi connectivity index (χ1) is 14.0. The van der Waals surface area contributed by atoms with E-state index in [0.717, 1.165) is 0 Å². The van der Waals surface area contributed by atoms with Crippen LogP contribution in [0.15, 0.2) is 60.9 Å². The Morgan fingerprint density at radius 1 is 1.17 bits per heavy atom. The van der Waals surface area contributed by atoms with Gasteiger partial charge in [-0.05, 0) is 41.1 Å². The number of nitrogens with zero attached hydrogens (tertiary/aromatic N) is 5. The Morgan fingerprint density at radius 3 is 2.69 bits per heavy atom. The molecule has 0 radical (unpaired) electrons. The van der Waals surface area contributed by atoms with Crippen LogP contribution in [0, 0.1) is 0 Å². The van der Waals surface area contributed by atoms with E-state index in [4.69, 9.17) is 4.74 Å². The fourth-order valence-electron chi connectivity index (χ4n) is 3.34. The lowest BCUT2D eigenvalue weighted by Gasteiger charge is -2.28. The number of tetrazole rings is 1. The second kappa shape index (κ2) is 8.00. The predicted octanol–water partition coefficient (Wildman–Crippen LogP) is 1.26. The molecule has 1 aliphatic rings. The summed E-state index contributed by atoms with van der Waals surface area (Å²) >= 11 is 0. The number of para-hydroxylation sites is 1. The van der Waals surface area contributed by atoms with Crippen molar-refractivity contribution in [1.29, 1.82) is 0 Å².